The van der Waals surface area contributed by atoms with E-state index in [9.17, 15) is 0 Å². The first kappa shape index (κ1) is 13.9. The number of nitrogens with one attached hydrogen (secondary N) is 1. The molecule has 2 fully saturated rings. The van der Waals surface area contributed by atoms with Crippen molar-refractivity contribution in [3.05, 3.63) is 29.3 Å². The molecular formula is C18H27NO. The summed E-state index contributed by atoms with van der Waals surface area (Å²) >= 11 is 0. The lowest BCUT2D eigenvalue weighted by atomic mass is 9.81. The molecule has 0 amide bonds. The summed E-state index contributed by atoms with van der Waals surface area (Å²) in [6.45, 7) is 3.29. The second kappa shape index (κ2) is 6.17. The molecule has 20 heavy (non-hydrogen) atoms. The lowest BCUT2D eigenvalue weighted by Gasteiger charge is -2.27. The van der Waals surface area contributed by atoms with Crippen LogP contribution in [0, 0.1) is 12.8 Å². The van der Waals surface area contributed by atoms with Crippen LogP contribution in [-0.2, 0) is 0 Å². The van der Waals surface area contributed by atoms with Crippen molar-refractivity contribution in [1.82, 2.24) is 5.32 Å². The number of methoxy groups -OCH3 is 1. The second-order valence-electron chi connectivity index (χ2n) is 6.57. The monoisotopic (exact) mass is 273 g/mol. The Morgan fingerprint density at radius 2 is 1.95 bits per heavy atom. The Balaban J connectivity index is 1.65. The Hall–Kier alpha value is -1.02. The fraction of sp³-hybridized carbons (Fsp3) is 0.667. The summed E-state index contributed by atoms with van der Waals surface area (Å²) in [6.07, 6.45) is 8.52. The number of benzene rings is 1. The van der Waals surface area contributed by atoms with Gasteiger partial charge < -0.3 is 10.1 Å². The highest BCUT2D eigenvalue weighted by molar-refractivity contribution is 5.38. The van der Waals surface area contributed by atoms with Crippen LogP contribution in [0.3, 0.4) is 0 Å². The van der Waals surface area contributed by atoms with E-state index < -0.39 is 0 Å². The van der Waals surface area contributed by atoms with Crippen LogP contribution in [-0.4, -0.2) is 19.7 Å². The van der Waals surface area contributed by atoms with Crippen molar-refractivity contribution in [2.45, 2.75) is 57.4 Å². The Morgan fingerprint density at radius 3 is 2.65 bits per heavy atom. The summed E-state index contributed by atoms with van der Waals surface area (Å²) in [5, 5.41) is 3.79. The highest BCUT2D eigenvalue weighted by Crippen LogP contribution is 2.36. The van der Waals surface area contributed by atoms with Gasteiger partial charge in [-0.2, -0.15) is 0 Å². The molecule has 110 valence electrons. The van der Waals surface area contributed by atoms with E-state index >= 15 is 0 Å². The standard InChI is InChI=1S/C18H27NO/c1-13-10-15(8-9-18(13)20-2)16-11-17(19-12-16)14-6-4-3-5-7-14/h8-10,14,16-17,19H,3-7,11-12H2,1-2H3. The van der Waals surface area contributed by atoms with Crippen molar-refractivity contribution >= 4 is 0 Å². The van der Waals surface area contributed by atoms with Crippen molar-refractivity contribution in [2.24, 2.45) is 5.92 Å². The highest BCUT2D eigenvalue weighted by atomic mass is 16.5. The zero-order valence-electron chi connectivity index (χ0n) is 12.8. The number of aryl methyl sites for hydroxylation is 1. The predicted octanol–water partition coefficient (Wildman–Crippen LogP) is 4.03. The predicted molar refractivity (Wildman–Crippen MR) is 83.5 cm³/mol. The normalized spacial score (nSPS) is 27.7. The van der Waals surface area contributed by atoms with Gasteiger partial charge in [-0.05, 0) is 55.2 Å². The lowest BCUT2D eigenvalue weighted by molar-refractivity contribution is 0.286. The van der Waals surface area contributed by atoms with Crippen LogP contribution in [0.4, 0.5) is 0 Å². The molecule has 3 rings (SSSR count). The van der Waals surface area contributed by atoms with Gasteiger partial charge in [-0.3, -0.25) is 0 Å². The lowest BCUT2D eigenvalue weighted by Crippen LogP contribution is -2.31. The Labute approximate surface area is 122 Å². The summed E-state index contributed by atoms with van der Waals surface area (Å²) in [7, 11) is 1.75. The molecule has 0 bridgehead atoms. The fourth-order valence-electron chi connectivity index (χ4n) is 4.07. The van der Waals surface area contributed by atoms with E-state index in [1.165, 1.54) is 49.7 Å². The highest BCUT2D eigenvalue weighted by Gasteiger charge is 2.31. The molecule has 2 unspecified atom stereocenters. The third kappa shape index (κ3) is 2.85. The zero-order chi connectivity index (χ0) is 13.9. The molecule has 1 aromatic carbocycles. The van der Waals surface area contributed by atoms with Crippen LogP contribution < -0.4 is 10.1 Å². The maximum atomic E-state index is 5.36. The smallest absolute Gasteiger partial charge is 0.121 e. The van der Waals surface area contributed by atoms with E-state index in [1.54, 1.807) is 7.11 Å². The van der Waals surface area contributed by atoms with Gasteiger partial charge in [0.25, 0.3) is 0 Å². The molecule has 1 aromatic rings. The summed E-state index contributed by atoms with van der Waals surface area (Å²) in [5.74, 6) is 2.61. The summed E-state index contributed by atoms with van der Waals surface area (Å²) in [4.78, 5) is 0. The molecule has 2 aliphatic rings. The Bertz CT molecular complexity index is 451. The van der Waals surface area contributed by atoms with Gasteiger partial charge in [0.05, 0.1) is 7.11 Å². The van der Waals surface area contributed by atoms with Crippen molar-refractivity contribution in [3.8, 4) is 5.75 Å². The summed E-state index contributed by atoms with van der Waals surface area (Å²) in [5.41, 5.74) is 2.74. The first-order valence-corrected chi connectivity index (χ1v) is 8.16. The van der Waals surface area contributed by atoms with Crippen molar-refractivity contribution < 1.29 is 4.74 Å². The van der Waals surface area contributed by atoms with Crippen LogP contribution >= 0.6 is 0 Å². The summed E-state index contributed by atoms with van der Waals surface area (Å²) in [6, 6.07) is 7.44. The number of rotatable bonds is 3. The molecule has 1 saturated heterocycles. The molecule has 1 aliphatic heterocycles. The fourth-order valence-corrected chi connectivity index (χ4v) is 4.07. The SMILES string of the molecule is COc1ccc(C2CNC(C3CCCCC3)C2)cc1C. The van der Waals surface area contributed by atoms with Gasteiger partial charge in [0.1, 0.15) is 5.75 Å². The van der Waals surface area contributed by atoms with Crippen LogP contribution in [0.15, 0.2) is 18.2 Å². The third-order valence-corrected chi connectivity index (χ3v) is 5.27. The van der Waals surface area contributed by atoms with E-state index in [2.05, 4.69) is 30.4 Å². The molecule has 1 saturated carbocycles. The molecule has 1 N–H and O–H groups in total. The first-order valence-electron chi connectivity index (χ1n) is 8.16. The molecule has 1 heterocycles. The molecule has 0 spiro atoms. The largest absolute Gasteiger partial charge is 0.496 e. The van der Waals surface area contributed by atoms with Crippen LogP contribution in [0.1, 0.15) is 55.6 Å². The summed E-state index contributed by atoms with van der Waals surface area (Å²) < 4.78 is 5.36. The van der Waals surface area contributed by atoms with Crippen molar-refractivity contribution in [1.29, 1.82) is 0 Å². The van der Waals surface area contributed by atoms with Crippen LogP contribution in [0.25, 0.3) is 0 Å². The van der Waals surface area contributed by atoms with Gasteiger partial charge in [0.15, 0.2) is 0 Å². The van der Waals surface area contributed by atoms with E-state index in [0.717, 1.165) is 24.3 Å². The van der Waals surface area contributed by atoms with E-state index in [1.807, 2.05) is 0 Å². The average molecular weight is 273 g/mol. The van der Waals surface area contributed by atoms with Crippen molar-refractivity contribution in [2.75, 3.05) is 13.7 Å². The minimum absolute atomic E-state index is 0.687. The van der Waals surface area contributed by atoms with Gasteiger partial charge in [-0.1, -0.05) is 31.4 Å². The maximum absolute atomic E-state index is 5.36. The van der Waals surface area contributed by atoms with Gasteiger partial charge in [-0.25, -0.2) is 0 Å². The third-order valence-electron chi connectivity index (χ3n) is 5.27. The molecule has 2 nitrogen and oxygen atoms in total. The number of hydrogen-bond acceptors (Lipinski definition) is 2. The first-order chi connectivity index (χ1) is 9.78. The molecule has 2 heteroatoms. The van der Waals surface area contributed by atoms with E-state index in [-0.39, 0.29) is 0 Å². The maximum Gasteiger partial charge on any atom is 0.121 e. The molecule has 1 aliphatic carbocycles. The average Bonchev–Trinajstić information content (AvgIpc) is 2.98. The zero-order valence-corrected chi connectivity index (χ0v) is 12.8. The Kier molecular flexibility index (Phi) is 4.30. The van der Waals surface area contributed by atoms with E-state index in [4.69, 9.17) is 4.74 Å². The van der Waals surface area contributed by atoms with Crippen LogP contribution in [0.5, 0.6) is 5.75 Å². The van der Waals surface area contributed by atoms with Crippen LogP contribution in [0.2, 0.25) is 0 Å². The second-order valence-corrected chi connectivity index (χ2v) is 6.57. The quantitative estimate of drug-likeness (QED) is 0.897. The molecule has 0 aromatic heterocycles. The van der Waals surface area contributed by atoms with Gasteiger partial charge in [-0.15, -0.1) is 0 Å². The minimum atomic E-state index is 0.687. The molecule has 0 radical (unpaired) electrons. The topological polar surface area (TPSA) is 21.3 Å². The van der Waals surface area contributed by atoms with Gasteiger partial charge in [0, 0.05) is 12.6 Å². The molecular weight excluding hydrogens is 246 g/mol. The molecule has 2 atom stereocenters. The van der Waals surface area contributed by atoms with Gasteiger partial charge >= 0.3 is 0 Å². The van der Waals surface area contributed by atoms with Gasteiger partial charge in [0.2, 0.25) is 0 Å². The van der Waals surface area contributed by atoms with E-state index in [0.29, 0.717) is 5.92 Å². The minimum Gasteiger partial charge on any atom is -0.496 e. The number of hydrogen-bond donors (Lipinski definition) is 1. The van der Waals surface area contributed by atoms with Crippen molar-refractivity contribution in [3.63, 3.8) is 0 Å². The Morgan fingerprint density at radius 1 is 1.15 bits per heavy atom. The number of ether oxygens (including phenoxy) is 1.